The number of carbonyl (C=O) groups is 1. The molecular formula is C20H18Cl2N2O5. The number of halogens is 2. The average molecular weight is 437 g/mol. The van der Waals surface area contributed by atoms with Crippen LogP contribution in [0.5, 0.6) is 11.5 Å². The monoisotopic (exact) mass is 436 g/mol. The molecule has 9 heteroatoms. The average Bonchev–Trinajstić information content (AvgIpc) is 3.20. The molecule has 0 bridgehead atoms. The van der Waals surface area contributed by atoms with Crippen LogP contribution < -0.4 is 9.47 Å². The molecule has 0 saturated carbocycles. The van der Waals surface area contributed by atoms with Gasteiger partial charge in [0.1, 0.15) is 11.5 Å². The SMILES string of the molecule is COc1ccc(-c2nnc(COC(=O)CCCOc3ccc(Cl)cc3Cl)o2)cc1. The Kier molecular flexibility index (Phi) is 7.32. The van der Waals surface area contributed by atoms with E-state index in [9.17, 15) is 4.79 Å². The second-order valence-corrected chi connectivity index (χ2v) is 6.76. The lowest BCUT2D eigenvalue weighted by molar-refractivity contribution is -0.145. The Morgan fingerprint density at radius 3 is 2.62 bits per heavy atom. The van der Waals surface area contributed by atoms with E-state index in [-0.39, 0.29) is 24.9 Å². The van der Waals surface area contributed by atoms with Crippen LogP contribution in [0.4, 0.5) is 0 Å². The van der Waals surface area contributed by atoms with Crippen molar-refractivity contribution in [3.8, 4) is 23.0 Å². The van der Waals surface area contributed by atoms with E-state index >= 15 is 0 Å². The summed E-state index contributed by atoms with van der Waals surface area (Å²) in [5, 5.41) is 8.79. The number of benzene rings is 2. The van der Waals surface area contributed by atoms with E-state index in [0.717, 1.165) is 11.3 Å². The van der Waals surface area contributed by atoms with Crippen LogP contribution in [0.3, 0.4) is 0 Å². The summed E-state index contributed by atoms with van der Waals surface area (Å²) in [6.07, 6.45) is 0.656. The molecule has 1 heterocycles. The first-order chi connectivity index (χ1) is 14.0. The highest BCUT2D eigenvalue weighted by atomic mass is 35.5. The summed E-state index contributed by atoms with van der Waals surface area (Å²) in [7, 11) is 1.59. The van der Waals surface area contributed by atoms with Crippen LogP contribution >= 0.6 is 23.2 Å². The van der Waals surface area contributed by atoms with Crippen LogP contribution in [0.25, 0.3) is 11.5 Å². The summed E-state index contributed by atoms with van der Waals surface area (Å²) in [6, 6.07) is 12.1. The maximum atomic E-state index is 11.9. The highest BCUT2D eigenvalue weighted by molar-refractivity contribution is 6.35. The van der Waals surface area contributed by atoms with E-state index in [1.54, 1.807) is 49.6 Å². The highest BCUT2D eigenvalue weighted by Crippen LogP contribution is 2.27. The lowest BCUT2D eigenvalue weighted by atomic mass is 10.2. The molecule has 0 aliphatic heterocycles. The van der Waals surface area contributed by atoms with E-state index in [2.05, 4.69) is 10.2 Å². The van der Waals surface area contributed by atoms with Crippen molar-refractivity contribution in [2.24, 2.45) is 0 Å². The molecule has 0 N–H and O–H groups in total. The molecule has 3 aromatic rings. The summed E-state index contributed by atoms with van der Waals surface area (Å²) in [5.41, 5.74) is 0.744. The van der Waals surface area contributed by atoms with Crippen LogP contribution in [0.15, 0.2) is 46.9 Å². The maximum Gasteiger partial charge on any atom is 0.306 e. The minimum atomic E-state index is -0.389. The topological polar surface area (TPSA) is 83.7 Å². The minimum absolute atomic E-state index is 0.0914. The molecule has 0 spiro atoms. The van der Waals surface area contributed by atoms with Crippen molar-refractivity contribution in [1.82, 2.24) is 10.2 Å². The Hall–Kier alpha value is -2.77. The van der Waals surface area contributed by atoms with E-state index < -0.39 is 0 Å². The van der Waals surface area contributed by atoms with Gasteiger partial charge in [-0.25, -0.2) is 0 Å². The van der Waals surface area contributed by atoms with Gasteiger partial charge < -0.3 is 18.6 Å². The Morgan fingerprint density at radius 1 is 1.10 bits per heavy atom. The lowest BCUT2D eigenvalue weighted by Gasteiger charge is -2.08. The van der Waals surface area contributed by atoms with Crippen molar-refractivity contribution in [3.05, 3.63) is 58.4 Å². The standard InChI is InChI=1S/C20H18Cl2N2O5/c1-26-15-7-4-13(5-8-15)20-24-23-18(29-20)12-28-19(25)3-2-10-27-17-9-6-14(21)11-16(17)22/h4-9,11H,2-3,10,12H2,1H3. The molecule has 2 aromatic carbocycles. The second kappa shape index (κ2) is 10.1. The van der Waals surface area contributed by atoms with Gasteiger partial charge in [0, 0.05) is 17.0 Å². The van der Waals surface area contributed by atoms with Gasteiger partial charge in [-0.15, -0.1) is 10.2 Å². The Labute approximate surface area is 177 Å². The minimum Gasteiger partial charge on any atom is -0.497 e. The van der Waals surface area contributed by atoms with Crippen molar-refractivity contribution in [2.75, 3.05) is 13.7 Å². The van der Waals surface area contributed by atoms with E-state index in [0.29, 0.717) is 34.7 Å². The Bertz CT molecular complexity index is 960. The molecule has 7 nitrogen and oxygen atoms in total. The number of hydrogen-bond acceptors (Lipinski definition) is 7. The van der Waals surface area contributed by atoms with Gasteiger partial charge in [0.05, 0.1) is 18.7 Å². The third kappa shape index (κ3) is 6.10. The third-order valence-electron chi connectivity index (χ3n) is 3.84. The molecule has 0 atom stereocenters. The van der Waals surface area contributed by atoms with Crippen LogP contribution in [-0.2, 0) is 16.1 Å². The van der Waals surface area contributed by atoms with Crippen molar-refractivity contribution < 1.29 is 23.4 Å². The largest absolute Gasteiger partial charge is 0.497 e. The second-order valence-electron chi connectivity index (χ2n) is 5.92. The van der Waals surface area contributed by atoms with Gasteiger partial charge in [0.2, 0.25) is 5.89 Å². The predicted octanol–water partition coefficient (Wildman–Crippen LogP) is 4.95. The quantitative estimate of drug-likeness (QED) is 0.346. The number of ether oxygens (including phenoxy) is 3. The number of hydrogen-bond donors (Lipinski definition) is 0. The molecule has 1 aromatic heterocycles. The number of rotatable bonds is 9. The zero-order valence-electron chi connectivity index (χ0n) is 15.6. The van der Waals surface area contributed by atoms with Crippen LogP contribution in [0.1, 0.15) is 18.7 Å². The fraction of sp³-hybridized carbons (Fsp3) is 0.250. The van der Waals surface area contributed by atoms with E-state index in [4.69, 9.17) is 41.8 Å². The normalized spacial score (nSPS) is 10.6. The number of nitrogens with zero attached hydrogens (tertiary/aromatic N) is 2. The first kappa shape index (κ1) is 21.0. The zero-order chi connectivity index (χ0) is 20.6. The zero-order valence-corrected chi connectivity index (χ0v) is 17.1. The van der Waals surface area contributed by atoms with Gasteiger partial charge in [-0.05, 0) is 48.9 Å². The third-order valence-corrected chi connectivity index (χ3v) is 4.37. The van der Waals surface area contributed by atoms with Crippen LogP contribution in [0.2, 0.25) is 10.0 Å². The summed E-state index contributed by atoms with van der Waals surface area (Å²) in [4.78, 5) is 11.9. The Balaban J connectivity index is 1.39. The first-order valence-electron chi connectivity index (χ1n) is 8.75. The molecule has 152 valence electrons. The molecule has 0 aliphatic rings. The molecular weight excluding hydrogens is 419 g/mol. The van der Waals surface area contributed by atoms with Gasteiger partial charge >= 0.3 is 5.97 Å². The molecule has 0 amide bonds. The summed E-state index contributed by atoms with van der Waals surface area (Å²) in [6.45, 7) is 0.227. The number of carbonyl (C=O) groups excluding carboxylic acids is 1. The number of aromatic nitrogens is 2. The van der Waals surface area contributed by atoms with Gasteiger partial charge in [-0.2, -0.15) is 0 Å². The summed E-state index contributed by atoms with van der Waals surface area (Å²) in [5.74, 6) is 1.41. The number of esters is 1. The van der Waals surface area contributed by atoms with Gasteiger partial charge in [-0.3, -0.25) is 4.79 Å². The Morgan fingerprint density at radius 2 is 1.90 bits per heavy atom. The van der Waals surface area contributed by atoms with Crippen molar-refractivity contribution in [3.63, 3.8) is 0 Å². The van der Waals surface area contributed by atoms with Gasteiger partial charge in [0.25, 0.3) is 5.89 Å². The van der Waals surface area contributed by atoms with Crippen molar-refractivity contribution in [1.29, 1.82) is 0 Å². The maximum absolute atomic E-state index is 11.9. The molecule has 0 fully saturated rings. The molecule has 29 heavy (non-hydrogen) atoms. The van der Waals surface area contributed by atoms with Gasteiger partial charge in [-0.1, -0.05) is 23.2 Å². The molecule has 0 radical (unpaired) electrons. The molecule has 0 unspecified atom stereocenters. The fourth-order valence-corrected chi connectivity index (χ4v) is 2.83. The van der Waals surface area contributed by atoms with Crippen LogP contribution in [0, 0.1) is 0 Å². The summed E-state index contributed by atoms with van der Waals surface area (Å²) >= 11 is 11.8. The van der Waals surface area contributed by atoms with Crippen molar-refractivity contribution in [2.45, 2.75) is 19.4 Å². The van der Waals surface area contributed by atoms with E-state index in [1.807, 2.05) is 0 Å². The fourth-order valence-electron chi connectivity index (χ4n) is 2.37. The lowest BCUT2D eigenvalue weighted by Crippen LogP contribution is -2.07. The van der Waals surface area contributed by atoms with E-state index in [1.165, 1.54) is 0 Å². The number of methoxy groups -OCH3 is 1. The molecule has 3 rings (SSSR count). The first-order valence-corrected chi connectivity index (χ1v) is 9.51. The van der Waals surface area contributed by atoms with Crippen LogP contribution in [-0.4, -0.2) is 29.9 Å². The predicted molar refractivity (Wildman–Crippen MR) is 107 cm³/mol. The van der Waals surface area contributed by atoms with Crippen molar-refractivity contribution >= 4 is 29.2 Å². The smallest absolute Gasteiger partial charge is 0.306 e. The molecule has 0 saturated heterocycles. The summed E-state index contributed by atoms with van der Waals surface area (Å²) < 4.78 is 21.3. The molecule has 0 aliphatic carbocycles. The highest BCUT2D eigenvalue weighted by Gasteiger charge is 2.11. The van der Waals surface area contributed by atoms with Gasteiger partial charge in [0.15, 0.2) is 6.61 Å².